The molecule has 2 aromatic carbocycles. The molecule has 1 unspecified atom stereocenters. The maximum absolute atomic E-state index is 12.7. The van der Waals surface area contributed by atoms with Gasteiger partial charge < -0.3 is 4.74 Å². The molecular weight excluding hydrogens is 466 g/mol. The average Bonchev–Trinajstić information content (AvgIpc) is 3.39. The summed E-state index contributed by atoms with van der Waals surface area (Å²) in [4.78, 5) is 57.3. The number of amides is 3. The Labute approximate surface area is 207 Å². The summed E-state index contributed by atoms with van der Waals surface area (Å²) in [5.74, 6) is -1.94. The third-order valence-corrected chi connectivity index (χ3v) is 6.69. The van der Waals surface area contributed by atoms with E-state index in [0.29, 0.717) is 16.5 Å². The summed E-state index contributed by atoms with van der Waals surface area (Å²) in [6.07, 6.45) is 0.895. The molecule has 9 heteroatoms. The summed E-state index contributed by atoms with van der Waals surface area (Å²) >= 11 is 1.25. The first kappa shape index (κ1) is 24.3. The number of ether oxygens (including phenoxy) is 1. The highest BCUT2D eigenvalue weighted by Crippen LogP contribution is 2.30. The minimum Gasteiger partial charge on any atom is -0.458 e. The van der Waals surface area contributed by atoms with E-state index in [0.717, 1.165) is 22.4 Å². The van der Waals surface area contributed by atoms with Crippen molar-refractivity contribution in [3.8, 4) is 0 Å². The molecule has 1 aliphatic rings. The first-order valence-corrected chi connectivity index (χ1v) is 12.1. The second-order valence-corrected chi connectivity index (χ2v) is 9.15. The highest BCUT2D eigenvalue weighted by Gasteiger charge is 2.41. The van der Waals surface area contributed by atoms with Crippen LogP contribution in [-0.2, 0) is 27.4 Å². The van der Waals surface area contributed by atoms with Crippen LogP contribution in [0.3, 0.4) is 0 Å². The number of esters is 1. The van der Waals surface area contributed by atoms with Gasteiger partial charge in [0.15, 0.2) is 5.13 Å². The van der Waals surface area contributed by atoms with Gasteiger partial charge in [-0.05, 0) is 50.1 Å². The van der Waals surface area contributed by atoms with Gasteiger partial charge in [-0.3, -0.25) is 24.2 Å². The van der Waals surface area contributed by atoms with Crippen molar-refractivity contribution in [2.75, 3.05) is 4.90 Å². The van der Waals surface area contributed by atoms with Crippen molar-refractivity contribution in [3.05, 3.63) is 75.8 Å². The van der Waals surface area contributed by atoms with E-state index in [2.05, 4.69) is 11.9 Å². The summed E-state index contributed by atoms with van der Waals surface area (Å²) in [7, 11) is 0. The van der Waals surface area contributed by atoms with Crippen molar-refractivity contribution in [1.29, 1.82) is 0 Å². The van der Waals surface area contributed by atoms with Crippen molar-refractivity contribution < 1.29 is 23.9 Å². The van der Waals surface area contributed by atoms with E-state index >= 15 is 0 Å². The maximum atomic E-state index is 12.7. The smallest absolute Gasteiger partial charge is 0.329 e. The number of hydrogen-bond donors (Lipinski definition) is 0. The van der Waals surface area contributed by atoms with E-state index in [-0.39, 0.29) is 23.6 Å². The Morgan fingerprint density at radius 1 is 1.09 bits per heavy atom. The van der Waals surface area contributed by atoms with Gasteiger partial charge in [-0.15, -0.1) is 11.3 Å². The molecule has 0 N–H and O–H groups in total. The summed E-state index contributed by atoms with van der Waals surface area (Å²) in [6, 6.07) is 11.6. The minimum absolute atomic E-state index is 0.150. The number of aromatic nitrogens is 1. The van der Waals surface area contributed by atoms with Crippen molar-refractivity contribution in [1.82, 2.24) is 9.88 Å². The van der Waals surface area contributed by atoms with E-state index in [1.807, 2.05) is 31.2 Å². The lowest BCUT2D eigenvalue weighted by Crippen LogP contribution is -2.43. The third kappa shape index (κ3) is 4.72. The van der Waals surface area contributed by atoms with Gasteiger partial charge in [-0.25, -0.2) is 9.78 Å². The monoisotopic (exact) mass is 491 g/mol. The number of fused-ring (bicyclic) bond motifs is 1. The topological polar surface area (TPSA) is 96.9 Å². The molecule has 0 radical (unpaired) electrons. The fraction of sp³-hybridized carbons (Fsp3) is 0.269. The van der Waals surface area contributed by atoms with Crippen molar-refractivity contribution in [3.63, 3.8) is 0 Å². The Morgan fingerprint density at radius 2 is 1.77 bits per heavy atom. The second-order valence-electron chi connectivity index (χ2n) is 8.31. The second kappa shape index (κ2) is 9.79. The molecule has 0 spiro atoms. The standard InChI is InChI=1S/C26H25N3O5S/c1-5-18-7-9-20(10-8-18)29(17(4)30)26-27-19(14-35-26)13-34-25(33)16(3)28-23(31)21-11-6-15(2)12-22(21)24(28)32/h6-12,14,16H,5,13H2,1-4H3. The fourth-order valence-electron chi connectivity index (χ4n) is 3.87. The van der Waals surface area contributed by atoms with E-state index in [1.165, 1.54) is 30.1 Å². The molecule has 8 nitrogen and oxygen atoms in total. The third-order valence-electron chi connectivity index (χ3n) is 5.81. The van der Waals surface area contributed by atoms with Crippen LogP contribution in [0.2, 0.25) is 0 Å². The quantitative estimate of drug-likeness (QED) is 0.358. The highest BCUT2D eigenvalue weighted by atomic mass is 32.1. The molecular formula is C26H25N3O5S. The molecule has 0 saturated carbocycles. The van der Waals surface area contributed by atoms with E-state index in [9.17, 15) is 19.2 Å². The Morgan fingerprint density at radius 3 is 2.43 bits per heavy atom. The summed E-state index contributed by atoms with van der Waals surface area (Å²) in [5, 5.41) is 2.16. The van der Waals surface area contributed by atoms with E-state index in [1.54, 1.807) is 23.6 Å². The Balaban J connectivity index is 1.43. The summed E-state index contributed by atoms with van der Waals surface area (Å²) in [6.45, 7) is 6.65. The van der Waals surface area contributed by atoms with Crippen LogP contribution in [0.4, 0.5) is 10.8 Å². The van der Waals surface area contributed by atoms with Crippen LogP contribution in [0.5, 0.6) is 0 Å². The normalized spacial score (nSPS) is 13.5. The lowest BCUT2D eigenvalue weighted by atomic mass is 10.1. The molecule has 1 atom stereocenters. The SMILES string of the molecule is CCc1ccc(N(C(C)=O)c2nc(COC(=O)C(C)N3C(=O)c4ccc(C)cc4C3=O)cs2)cc1. The first-order chi connectivity index (χ1) is 16.7. The molecule has 1 aromatic heterocycles. The van der Waals surface area contributed by atoms with Crippen molar-refractivity contribution in [2.24, 2.45) is 0 Å². The summed E-state index contributed by atoms with van der Waals surface area (Å²) in [5.41, 5.74) is 3.73. The predicted octanol–water partition coefficient (Wildman–Crippen LogP) is 4.43. The number of benzene rings is 2. The largest absolute Gasteiger partial charge is 0.458 e. The molecule has 35 heavy (non-hydrogen) atoms. The average molecular weight is 492 g/mol. The molecule has 0 aliphatic carbocycles. The molecule has 0 saturated heterocycles. The molecule has 0 fully saturated rings. The van der Waals surface area contributed by atoms with Gasteiger partial charge in [-0.2, -0.15) is 0 Å². The van der Waals surface area contributed by atoms with Crippen molar-refractivity contribution in [2.45, 2.75) is 46.8 Å². The van der Waals surface area contributed by atoms with Gasteiger partial charge in [-0.1, -0.05) is 30.7 Å². The lowest BCUT2D eigenvalue weighted by molar-refractivity contribution is -0.149. The molecule has 2 heterocycles. The lowest BCUT2D eigenvalue weighted by Gasteiger charge is -2.20. The van der Waals surface area contributed by atoms with Gasteiger partial charge in [0.25, 0.3) is 11.8 Å². The van der Waals surface area contributed by atoms with Crippen LogP contribution in [0.1, 0.15) is 58.3 Å². The van der Waals surface area contributed by atoms with Crippen LogP contribution < -0.4 is 4.90 Å². The predicted molar refractivity (Wildman–Crippen MR) is 132 cm³/mol. The zero-order valence-corrected chi connectivity index (χ0v) is 20.7. The zero-order chi connectivity index (χ0) is 25.3. The Kier molecular flexibility index (Phi) is 6.79. The number of thiazole rings is 1. The van der Waals surface area contributed by atoms with E-state index < -0.39 is 23.8 Å². The van der Waals surface area contributed by atoms with Crippen LogP contribution in [0.15, 0.2) is 47.8 Å². The number of anilines is 2. The van der Waals surface area contributed by atoms with Crippen LogP contribution in [-0.4, -0.2) is 39.6 Å². The first-order valence-electron chi connectivity index (χ1n) is 11.2. The molecule has 3 amide bonds. The molecule has 180 valence electrons. The van der Waals surface area contributed by atoms with Crippen molar-refractivity contribution >= 4 is 45.8 Å². The van der Waals surface area contributed by atoms with Gasteiger partial charge >= 0.3 is 5.97 Å². The maximum Gasteiger partial charge on any atom is 0.329 e. The number of rotatable bonds is 7. The summed E-state index contributed by atoms with van der Waals surface area (Å²) < 4.78 is 5.37. The molecule has 1 aliphatic heterocycles. The van der Waals surface area contributed by atoms with Gasteiger partial charge in [0, 0.05) is 12.3 Å². The van der Waals surface area contributed by atoms with Crippen LogP contribution >= 0.6 is 11.3 Å². The van der Waals surface area contributed by atoms with Gasteiger partial charge in [0.1, 0.15) is 12.6 Å². The fourth-order valence-corrected chi connectivity index (χ4v) is 4.74. The van der Waals surface area contributed by atoms with Crippen LogP contribution in [0.25, 0.3) is 0 Å². The zero-order valence-electron chi connectivity index (χ0n) is 19.9. The molecule has 4 rings (SSSR count). The number of carbonyl (C=O) groups is 4. The number of hydrogen-bond acceptors (Lipinski definition) is 7. The van der Waals surface area contributed by atoms with Crippen LogP contribution in [0, 0.1) is 6.92 Å². The highest BCUT2D eigenvalue weighted by molar-refractivity contribution is 7.14. The minimum atomic E-state index is -1.09. The number of imide groups is 1. The Hall–Kier alpha value is -3.85. The van der Waals surface area contributed by atoms with Gasteiger partial charge in [0.05, 0.1) is 22.5 Å². The number of aryl methyl sites for hydroxylation is 2. The van der Waals surface area contributed by atoms with E-state index in [4.69, 9.17) is 4.74 Å². The number of carbonyl (C=O) groups excluding carboxylic acids is 4. The van der Waals surface area contributed by atoms with Gasteiger partial charge in [0.2, 0.25) is 5.91 Å². The number of nitrogens with zero attached hydrogens (tertiary/aromatic N) is 3. The molecule has 3 aromatic rings. The Bertz CT molecular complexity index is 1310. The molecule has 0 bridgehead atoms.